The van der Waals surface area contributed by atoms with Crippen LogP contribution in [-0.4, -0.2) is 5.11 Å². The third-order valence-corrected chi connectivity index (χ3v) is 4.08. The van der Waals surface area contributed by atoms with Crippen LogP contribution in [0.4, 0.5) is 8.78 Å². The van der Waals surface area contributed by atoms with Crippen molar-refractivity contribution in [2.24, 2.45) is 0 Å². The zero-order valence-corrected chi connectivity index (χ0v) is 11.5. The van der Waals surface area contributed by atoms with E-state index in [1.807, 2.05) is 17.5 Å². The van der Waals surface area contributed by atoms with Crippen molar-refractivity contribution in [1.29, 1.82) is 0 Å². The molecule has 0 aliphatic rings. The van der Waals surface area contributed by atoms with Gasteiger partial charge in [0.2, 0.25) is 0 Å². The standard InChI is InChI=1S/C15H16F2OS/c1-10-7-8-12(15(17)14(10)16)13(18)6-2-4-11-5-3-9-19-11/h3,5,7-9,13,18H,2,4,6H2,1H3. The molecule has 1 heterocycles. The molecule has 4 heteroatoms. The zero-order chi connectivity index (χ0) is 13.8. The van der Waals surface area contributed by atoms with Crippen LogP contribution in [0.3, 0.4) is 0 Å². The molecule has 2 aromatic rings. The summed E-state index contributed by atoms with van der Waals surface area (Å²) in [6, 6.07) is 6.97. The predicted molar refractivity (Wildman–Crippen MR) is 73.3 cm³/mol. The van der Waals surface area contributed by atoms with Gasteiger partial charge in [-0.25, -0.2) is 8.78 Å². The highest BCUT2D eigenvalue weighted by molar-refractivity contribution is 7.09. The third kappa shape index (κ3) is 3.39. The second-order valence-corrected chi connectivity index (χ2v) is 5.62. The van der Waals surface area contributed by atoms with Gasteiger partial charge in [0.05, 0.1) is 6.10 Å². The Morgan fingerprint density at radius 1 is 1.21 bits per heavy atom. The zero-order valence-electron chi connectivity index (χ0n) is 10.7. The number of hydrogen-bond acceptors (Lipinski definition) is 2. The summed E-state index contributed by atoms with van der Waals surface area (Å²) in [5.74, 6) is -1.79. The minimum absolute atomic E-state index is 0.0503. The first-order chi connectivity index (χ1) is 9.09. The quantitative estimate of drug-likeness (QED) is 0.862. The number of benzene rings is 1. The largest absolute Gasteiger partial charge is 0.388 e. The number of rotatable bonds is 5. The van der Waals surface area contributed by atoms with Crippen LogP contribution in [0.1, 0.15) is 34.9 Å². The van der Waals surface area contributed by atoms with E-state index in [0.717, 1.165) is 12.8 Å². The fourth-order valence-electron chi connectivity index (χ4n) is 2.00. The molecule has 0 spiro atoms. The van der Waals surface area contributed by atoms with E-state index in [2.05, 4.69) is 0 Å². The Morgan fingerprint density at radius 3 is 2.68 bits per heavy atom. The molecule has 1 N–H and O–H groups in total. The van der Waals surface area contributed by atoms with Crippen LogP contribution in [0.5, 0.6) is 0 Å². The van der Waals surface area contributed by atoms with E-state index >= 15 is 0 Å². The van der Waals surface area contributed by atoms with Gasteiger partial charge in [0.25, 0.3) is 0 Å². The lowest BCUT2D eigenvalue weighted by molar-refractivity contribution is 0.159. The molecular weight excluding hydrogens is 266 g/mol. The Bertz CT molecular complexity index is 537. The number of hydrogen-bond donors (Lipinski definition) is 1. The Morgan fingerprint density at radius 2 is 2.00 bits per heavy atom. The summed E-state index contributed by atoms with van der Waals surface area (Å²) in [5, 5.41) is 11.9. The molecule has 102 valence electrons. The number of aliphatic hydroxyl groups excluding tert-OH is 1. The molecule has 0 amide bonds. The summed E-state index contributed by atoms with van der Waals surface area (Å²) in [7, 11) is 0. The molecule has 19 heavy (non-hydrogen) atoms. The number of thiophene rings is 1. The average molecular weight is 282 g/mol. The molecule has 0 radical (unpaired) electrons. The Kier molecular flexibility index (Phi) is 4.66. The molecule has 0 aliphatic carbocycles. The van der Waals surface area contributed by atoms with Gasteiger partial charge in [-0.1, -0.05) is 18.2 Å². The van der Waals surface area contributed by atoms with Crippen molar-refractivity contribution in [2.75, 3.05) is 0 Å². The summed E-state index contributed by atoms with van der Waals surface area (Å²) in [6.07, 6.45) is 1.08. The summed E-state index contributed by atoms with van der Waals surface area (Å²) >= 11 is 1.66. The maximum atomic E-state index is 13.7. The van der Waals surface area contributed by atoms with Gasteiger partial charge in [0.15, 0.2) is 11.6 Å². The average Bonchev–Trinajstić information content (AvgIpc) is 2.89. The molecule has 0 fully saturated rings. The molecule has 0 saturated carbocycles. The van der Waals surface area contributed by atoms with Gasteiger partial charge in [-0.15, -0.1) is 11.3 Å². The van der Waals surface area contributed by atoms with Crippen molar-refractivity contribution >= 4 is 11.3 Å². The predicted octanol–water partition coefficient (Wildman–Crippen LogP) is 4.39. The van der Waals surface area contributed by atoms with Crippen molar-refractivity contribution in [1.82, 2.24) is 0 Å². The monoisotopic (exact) mass is 282 g/mol. The second-order valence-electron chi connectivity index (χ2n) is 4.59. The van der Waals surface area contributed by atoms with Crippen molar-refractivity contribution < 1.29 is 13.9 Å². The molecule has 1 atom stereocenters. The van der Waals surface area contributed by atoms with E-state index in [4.69, 9.17) is 0 Å². The first kappa shape index (κ1) is 14.2. The molecule has 0 saturated heterocycles. The SMILES string of the molecule is Cc1ccc(C(O)CCCc2cccs2)c(F)c1F. The van der Waals surface area contributed by atoms with Crippen molar-refractivity contribution in [3.63, 3.8) is 0 Å². The molecule has 1 aromatic carbocycles. The number of aryl methyl sites for hydroxylation is 2. The molecule has 0 aliphatic heterocycles. The molecule has 2 rings (SSSR count). The normalized spacial score (nSPS) is 12.6. The Hall–Kier alpha value is -1.26. The van der Waals surface area contributed by atoms with E-state index in [1.165, 1.54) is 23.9 Å². The lowest BCUT2D eigenvalue weighted by Crippen LogP contribution is -2.04. The second kappa shape index (κ2) is 6.26. The van der Waals surface area contributed by atoms with Crippen LogP contribution in [0.15, 0.2) is 29.6 Å². The Labute approximate surface area is 115 Å². The van der Waals surface area contributed by atoms with Gasteiger partial charge in [-0.2, -0.15) is 0 Å². The van der Waals surface area contributed by atoms with Gasteiger partial charge in [-0.05, 0) is 43.2 Å². The van der Waals surface area contributed by atoms with E-state index < -0.39 is 17.7 Å². The Balaban J connectivity index is 1.96. The smallest absolute Gasteiger partial charge is 0.164 e. The fourth-order valence-corrected chi connectivity index (χ4v) is 2.75. The molecule has 0 bridgehead atoms. The number of aliphatic hydroxyl groups is 1. The fraction of sp³-hybridized carbons (Fsp3) is 0.333. The summed E-state index contributed by atoms with van der Waals surface area (Å²) < 4.78 is 27.1. The van der Waals surface area contributed by atoms with Crippen LogP contribution in [0, 0.1) is 18.6 Å². The van der Waals surface area contributed by atoms with E-state index in [-0.39, 0.29) is 11.1 Å². The van der Waals surface area contributed by atoms with Gasteiger partial charge in [0, 0.05) is 10.4 Å². The molecule has 1 aromatic heterocycles. The van der Waals surface area contributed by atoms with Gasteiger partial charge in [0.1, 0.15) is 0 Å². The first-order valence-electron chi connectivity index (χ1n) is 6.24. The van der Waals surface area contributed by atoms with Crippen LogP contribution >= 0.6 is 11.3 Å². The highest BCUT2D eigenvalue weighted by Crippen LogP contribution is 2.25. The first-order valence-corrected chi connectivity index (χ1v) is 7.12. The minimum Gasteiger partial charge on any atom is -0.388 e. The summed E-state index contributed by atoms with van der Waals surface area (Å²) in [4.78, 5) is 1.24. The molecule has 1 unspecified atom stereocenters. The molecule has 1 nitrogen and oxygen atoms in total. The van der Waals surface area contributed by atoms with Crippen LogP contribution in [-0.2, 0) is 6.42 Å². The van der Waals surface area contributed by atoms with Crippen molar-refractivity contribution in [3.8, 4) is 0 Å². The van der Waals surface area contributed by atoms with Crippen LogP contribution < -0.4 is 0 Å². The van der Waals surface area contributed by atoms with Crippen molar-refractivity contribution in [3.05, 3.63) is 57.3 Å². The highest BCUT2D eigenvalue weighted by atomic mass is 32.1. The van der Waals surface area contributed by atoms with Crippen LogP contribution in [0.2, 0.25) is 0 Å². The number of halogens is 2. The minimum atomic E-state index is -0.949. The van der Waals surface area contributed by atoms with Crippen molar-refractivity contribution in [2.45, 2.75) is 32.3 Å². The summed E-state index contributed by atoms with van der Waals surface area (Å²) in [6.45, 7) is 1.51. The van der Waals surface area contributed by atoms with Gasteiger partial charge >= 0.3 is 0 Å². The van der Waals surface area contributed by atoms with E-state index in [1.54, 1.807) is 11.3 Å². The van der Waals surface area contributed by atoms with Gasteiger partial charge < -0.3 is 5.11 Å². The van der Waals surface area contributed by atoms with Crippen LogP contribution in [0.25, 0.3) is 0 Å². The summed E-state index contributed by atoms with van der Waals surface area (Å²) in [5.41, 5.74) is 0.307. The maximum absolute atomic E-state index is 13.7. The lowest BCUT2D eigenvalue weighted by atomic mass is 10.0. The topological polar surface area (TPSA) is 20.2 Å². The van der Waals surface area contributed by atoms with E-state index in [9.17, 15) is 13.9 Å². The maximum Gasteiger partial charge on any atom is 0.164 e. The molecular formula is C15H16F2OS. The van der Waals surface area contributed by atoms with Gasteiger partial charge in [-0.3, -0.25) is 0 Å². The highest BCUT2D eigenvalue weighted by Gasteiger charge is 2.17. The third-order valence-electron chi connectivity index (χ3n) is 3.15. The van der Waals surface area contributed by atoms with E-state index in [0.29, 0.717) is 6.42 Å². The lowest BCUT2D eigenvalue weighted by Gasteiger charge is -2.12.